The van der Waals surface area contributed by atoms with Crippen molar-refractivity contribution < 1.29 is 17.9 Å². The summed E-state index contributed by atoms with van der Waals surface area (Å²) in [5.74, 6) is 0.559. The second-order valence-electron chi connectivity index (χ2n) is 3.99. The predicted octanol–water partition coefficient (Wildman–Crippen LogP) is 0.994. The van der Waals surface area contributed by atoms with Gasteiger partial charge < -0.3 is 10.1 Å². The number of sulfone groups is 1. The molecule has 1 atom stereocenters. The summed E-state index contributed by atoms with van der Waals surface area (Å²) in [6, 6.07) is 0. The van der Waals surface area contributed by atoms with Crippen LogP contribution in [0.2, 0.25) is 0 Å². The van der Waals surface area contributed by atoms with Crippen LogP contribution in [0.3, 0.4) is 0 Å². The zero-order valence-electron chi connectivity index (χ0n) is 9.19. The van der Waals surface area contributed by atoms with Crippen LogP contribution in [0.1, 0.15) is 6.42 Å². The minimum atomic E-state index is -2.91. The summed E-state index contributed by atoms with van der Waals surface area (Å²) in [5.41, 5.74) is 0. The van der Waals surface area contributed by atoms with Gasteiger partial charge in [-0.25, -0.2) is 13.2 Å². The van der Waals surface area contributed by atoms with E-state index in [1.54, 1.807) is 0 Å². The topological polar surface area (TPSA) is 72.5 Å². The van der Waals surface area contributed by atoms with Crippen molar-refractivity contribution in [1.29, 1.82) is 0 Å². The number of hydrogen-bond acceptors (Lipinski definition) is 4. The van der Waals surface area contributed by atoms with E-state index < -0.39 is 22.0 Å². The molecule has 5 nitrogen and oxygen atoms in total. The molecule has 1 rings (SSSR count). The standard InChI is InChI=1S/C9H15Cl2NO4S/c10-3-8(4-11)16-9(13)12-5-7-1-2-17(14,15)6-7/h7-8H,1-6H2,(H,12,13). The van der Waals surface area contributed by atoms with E-state index in [1.807, 2.05) is 0 Å². The van der Waals surface area contributed by atoms with E-state index in [-0.39, 0.29) is 29.2 Å². The Kier molecular flexibility index (Phi) is 5.82. The molecule has 1 aliphatic rings. The monoisotopic (exact) mass is 303 g/mol. The van der Waals surface area contributed by atoms with Crippen molar-refractivity contribution >= 4 is 39.1 Å². The Bertz CT molecular complexity index is 356. The van der Waals surface area contributed by atoms with Crippen LogP contribution in [-0.2, 0) is 14.6 Å². The lowest BCUT2D eigenvalue weighted by atomic mass is 10.1. The van der Waals surface area contributed by atoms with Gasteiger partial charge in [-0.15, -0.1) is 23.2 Å². The Morgan fingerprint density at radius 2 is 2.06 bits per heavy atom. The fourth-order valence-electron chi connectivity index (χ4n) is 1.56. The number of nitrogens with one attached hydrogen (secondary N) is 1. The van der Waals surface area contributed by atoms with Crippen LogP contribution in [0.5, 0.6) is 0 Å². The zero-order valence-corrected chi connectivity index (χ0v) is 11.5. The number of halogens is 2. The normalized spacial score (nSPS) is 22.6. The molecule has 1 N–H and O–H groups in total. The van der Waals surface area contributed by atoms with Gasteiger partial charge in [-0.1, -0.05) is 0 Å². The van der Waals surface area contributed by atoms with E-state index in [4.69, 9.17) is 27.9 Å². The lowest BCUT2D eigenvalue weighted by Crippen LogP contribution is -2.34. The van der Waals surface area contributed by atoms with Gasteiger partial charge in [0.25, 0.3) is 0 Å². The maximum Gasteiger partial charge on any atom is 0.407 e. The molecule has 100 valence electrons. The summed E-state index contributed by atoms with van der Waals surface area (Å²) in [6.07, 6.45) is -0.553. The highest BCUT2D eigenvalue weighted by atomic mass is 35.5. The SMILES string of the molecule is O=C(NCC1CCS(=O)(=O)C1)OC(CCl)CCl. The minimum absolute atomic E-state index is 0.0296. The highest BCUT2D eigenvalue weighted by molar-refractivity contribution is 7.91. The summed E-state index contributed by atoms with van der Waals surface area (Å²) in [7, 11) is -2.91. The molecule has 1 amide bonds. The Hall–Kier alpha value is -0.200. The summed E-state index contributed by atoms with van der Waals surface area (Å²) in [6.45, 7) is 0.301. The van der Waals surface area contributed by atoms with Crippen LogP contribution in [-0.4, -0.2) is 50.4 Å². The maximum atomic E-state index is 11.3. The number of hydrogen-bond donors (Lipinski definition) is 1. The van der Waals surface area contributed by atoms with Gasteiger partial charge >= 0.3 is 6.09 Å². The quantitative estimate of drug-likeness (QED) is 0.769. The lowest BCUT2D eigenvalue weighted by molar-refractivity contribution is 0.117. The molecule has 1 saturated heterocycles. The van der Waals surface area contributed by atoms with Crippen molar-refractivity contribution in [2.45, 2.75) is 12.5 Å². The molecule has 0 radical (unpaired) electrons. The number of carbonyl (C=O) groups excluding carboxylic acids is 1. The van der Waals surface area contributed by atoms with Crippen molar-refractivity contribution in [2.24, 2.45) is 5.92 Å². The fourth-order valence-corrected chi connectivity index (χ4v) is 3.88. The van der Waals surface area contributed by atoms with E-state index >= 15 is 0 Å². The molecule has 17 heavy (non-hydrogen) atoms. The number of carbonyl (C=O) groups is 1. The number of alkyl carbamates (subject to hydrolysis) is 1. The van der Waals surface area contributed by atoms with Crippen LogP contribution in [0.25, 0.3) is 0 Å². The van der Waals surface area contributed by atoms with Gasteiger partial charge in [-0.2, -0.15) is 0 Å². The Balaban J connectivity index is 2.25. The summed E-state index contributed by atoms with van der Waals surface area (Å²) in [5, 5.41) is 2.52. The molecule has 0 aliphatic carbocycles. The van der Waals surface area contributed by atoms with Gasteiger partial charge in [0.1, 0.15) is 6.10 Å². The molecule has 0 spiro atoms. The van der Waals surface area contributed by atoms with E-state index in [0.29, 0.717) is 13.0 Å². The van der Waals surface area contributed by atoms with E-state index in [1.165, 1.54) is 0 Å². The molecule has 8 heteroatoms. The van der Waals surface area contributed by atoms with E-state index in [9.17, 15) is 13.2 Å². The first-order chi connectivity index (χ1) is 7.96. The third-order valence-electron chi connectivity index (χ3n) is 2.48. The van der Waals surface area contributed by atoms with E-state index in [0.717, 1.165) is 0 Å². The molecule has 0 aromatic rings. The van der Waals surface area contributed by atoms with Crippen LogP contribution >= 0.6 is 23.2 Å². The molecule has 1 fully saturated rings. The molecule has 0 bridgehead atoms. The van der Waals surface area contributed by atoms with Crippen molar-refractivity contribution in [3.05, 3.63) is 0 Å². The van der Waals surface area contributed by atoms with Crippen molar-refractivity contribution in [3.63, 3.8) is 0 Å². The van der Waals surface area contributed by atoms with Crippen LogP contribution in [0, 0.1) is 5.92 Å². The molecular weight excluding hydrogens is 289 g/mol. The Labute approximate surface area is 111 Å². The second kappa shape index (κ2) is 6.66. The fraction of sp³-hybridized carbons (Fsp3) is 0.889. The molecule has 0 aromatic heterocycles. The predicted molar refractivity (Wildman–Crippen MR) is 66.5 cm³/mol. The molecular formula is C9H15Cl2NO4S. The molecule has 0 saturated carbocycles. The van der Waals surface area contributed by atoms with Crippen molar-refractivity contribution in [3.8, 4) is 0 Å². The van der Waals surface area contributed by atoms with Gasteiger partial charge in [0.2, 0.25) is 0 Å². The van der Waals surface area contributed by atoms with E-state index in [2.05, 4.69) is 5.32 Å². The summed E-state index contributed by atoms with van der Waals surface area (Å²) >= 11 is 11.0. The van der Waals surface area contributed by atoms with Gasteiger partial charge in [0.05, 0.1) is 23.3 Å². The largest absolute Gasteiger partial charge is 0.444 e. The first kappa shape index (κ1) is 14.9. The number of amides is 1. The summed E-state index contributed by atoms with van der Waals surface area (Å²) < 4.78 is 27.3. The van der Waals surface area contributed by atoms with Gasteiger partial charge in [0.15, 0.2) is 9.84 Å². The number of ether oxygens (including phenoxy) is 1. The van der Waals surface area contributed by atoms with Crippen LogP contribution < -0.4 is 5.32 Å². The van der Waals surface area contributed by atoms with Crippen molar-refractivity contribution in [1.82, 2.24) is 5.32 Å². The Morgan fingerprint density at radius 1 is 1.41 bits per heavy atom. The summed E-state index contributed by atoms with van der Waals surface area (Å²) in [4.78, 5) is 11.3. The number of rotatable bonds is 5. The smallest absolute Gasteiger partial charge is 0.407 e. The first-order valence-electron chi connectivity index (χ1n) is 5.23. The third-order valence-corrected chi connectivity index (χ3v) is 5.01. The second-order valence-corrected chi connectivity index (χ2v) is 6.83. The Morgan fingerprint density at radius 3 is 2.53 bits per heavy atom. The molecule has 1 unspecified atom stereocenters. The first-order valence-corrected chi connectivity index (χ1v) is 8.12. The molecule has 1 aliphatic heterocycles. The minimum Gasteiger partial charge on any atom is -0.444 e. The van der Waals surface area contributed by atoms with Gasteiger partial charge in [-0.3, -0.25) is 0 Å². The van der Waals surface area contributed by atoms with Crippen LogP contribution in [0.4, 0.5) is 4.79 Å². The van der Waals surface area contributed by atoms with Crippen LogP contribution in [0.15, 0.2) is 0 Å². The highest BCUT2D eigenvalue weighted by Gasteiger charge is 2.28. The zero-order chi connectivity index (χ0) is 12.9. The molecule has 0 aromatic carbocycles. The van der Waals surface area contributed by atoms with Gasteiger partial charge in [-0.05, 0) is 12.3 Å². The van der Waals surface area contributed by atoms with Gasteiger partial charge in [0, 0.05) is 6.54 Å². The molecule has 1 heterocycles. The van der Waals surface area contributed by atoms with Crippen molar-refractivity contribution in [2.75, 3.05) is 29.8 Å². The third kappa shape index (κ3) is 5.31. The maximum absolute atomic E-state index is 11.3. The lowest BCUT2D eigenvalue weighted by Gasteiger charge is -2.14. The average Bonchev–Trinajstić information content (AvgIpc) is 2.63. The number of alkyl halides is 2. The average molecular weight is 304 g/mol. The highest BCUT2D eigenvalue weighted by Crippen LogP contribution is 2.17.